The molecular formula is C20H24ClFN4. The van der Waals surface area contributed by atoms with Crippen LogP contribution in [0.4, 0.5) is 10.2 Å². The zero-order valence-corrected chi connectivity index (χ0v) is 15.8. The van der Waals surface area contributed by atoms with Crippen molar-refractivity contribution < 1.29 is 4.39 Å². The summed E-state index contributed by atoms with van der Waals surface area (Å²) >= 11 is 5.79. The van der Waals surface area contributed by atoms with Crippen LogP contribution in [-0.4, -0.2) is 41.3 Å². The summed E-state index contributed by atoms with van der Waals surface area (Å²) in [5.41, 5.74) is 2.24. The summed E-state index contributed by atoms with van der Waals surface area (Å²) in [6.07, 6.45) is 3.60. The van der Waals surface area contributed by atoms with E-state index in [1.807, 2.05) is 19.1 Å². The SMILES string of the molecule is Cc1ccc(N2CCC[C@@]3(CCN(Cc4ccc(Cl)c(F)c4)C3)C2)nn1. The fourth-order valence-corrected chi connectivity index (χ4v) is 4.47. The summed E-state index contributed by atoms with van der Waals surface area (Å²) in [7, 11) is 0. The third kappa shape index (κ3) is 3.69. The molecule has 1 aromatic heterocycles. The molecule has 0 aliphatic carbocycles. The Hall–Kier alpha value is -1.72. The lowest BCUT2D eigenvalue weighted by molar-refractivity contribution is 0.216. The first kappa shape index (κ1) is 17.7. The van der Waals surface area contributed by atoms with Gasteiger partial charge < -0.3 is 4.90 Å². The first-order chi connectivity index (χ1) is 12.5. The van der Waals surface area contributed by atoms with Crippen LogP contribution in [0.5, 0.6) is 0 Å². The van der Waals surface area contributed by atoms with E-state index in [2.05, 4.69) is 26.1 Å². The molecule has 1 aromatic carbocycles. The van der Waals surface area contributed by atoms with Gasteiger partial charge in [-0.1, -0.05) is 17.7 Å². The number of aryl methyl sites for hydroxylation is 1. The molecule has 4 rings (SSSR count). The Morgan fingerprint density at radius 3 is 2.77 bits per heavy atom. The highest BCUT2D eigenvalue weighted by Crippen LogP contribution is 2.40. The Balaban J connectivity index is 1.42. The maximum Gasteiger partial charge on any atom is 0.151 e. The first-order valence-electron chi connectivity index (χ1n) is 9.25. The quantitative estimate of drug-likeness (QED) is 0.810. The largest absolute Gasteiger partial charge is 0.355 e. The van der Waals surface area contributed by atoms with Crippen molar-refractivity contribution in [2.75, 3.05) is 31.1 Å². The van der Waals surface area contributed by atoms with E-state index in [1.165, 1.54) is 19.3 Å². The molecule has 138 valence electrons. The molecule has 3 heterocycles. The van der Waals surface area contributed by atoms with Gasteiger partial charge in [0, 0.05) is 31.6 Å². The van der Waals surface area contributed by atoms with Crippen LogP contribution in [0.15, 0.2) is 30.3 Å². The number of hydrogen-bond acceptors (Lipinski definition) is 4. The van der Waals surface area contributed by atoms with Crippen molar-refractivity contribution in [3.63, 3.8) is 0 Å². The Labute approximate surface area is 159 Å². The van der Waals surface area contributed by atoms with E-state index in [0.29, 0.717) is 5.41 Å². The van der Waals surface area contributed by atoms with Gasteiger partial charge in [-0.25, -0.2) is 4.39 Å². The molecule has 0 radical (unpaired) electrons. The van der Waals surface area contributed by atoms with Crippen molar-refractivity contribution in [3.05, 3.63) is 52.4 Å². The molecule has 0 amide bonds. The van der Waals surface area contributed by atoms with Crippen LogP contribution in [0, 0.1) is 18.2 Å². The van der Waals surface area contributed by atoms with E-state index >= 15 is 0 Å². The van der Waals surface area contributed by atoms with E-state index in [0.717, 1.165) is 49.8 Å². The van der Waals surface area contributed by atoms with Gasteiger partial charge in [0.05, 0.1) is 10.7 Å². The normalized spacial score (nSPS) is 23.7. The molecule has 6 heteroatoms. The number of benzene rings is 1. The highest BCUT2D eigenvalue weighted by atomic mass is 35.5. The van der Waals surface area contributed by atoms with Gasteiger partial charge in [0.2, 0.25) is 0 Å². The molecule has 0 N–H and O–H groups in total. The number of rotatable bonds is 3. The van der Waals surface area contributed by atoms with Crippen molar-refractivity contribution in [2.24, 2.45) is 5.41 Å². The highest BCUT2D eigenvalue weighted by Gasteiger charge is 2.41. The van der Waals surface area contributed by atoms with Gasteiger partial charge in [-0.05, 0) is 62.6 Å². The molecule has 0 saturated carbocycles. The van der Waals surface area contributed by atoms with E-state index in [9.17, 15) is 4.39 Å². The number of hydrogen-bond donors (Lipinski definition) is 0. The smallest absolute Gasteiger partial charge is 0.151 e. The Morgan fingerprint density at radius 2 is 2.00 bits per heavy atom. The number of halogens is 2. The lowest BCUT2D eigenvalue weighted by atomic mass is 9.79. The summed E-state index contributed by atoms with van der Waals surface area (Å²) in [4.78, 5) is 4.81. The van der Waals surface area contributed by atoms with Crippen molar-refractivity contribution in [3.8, 4) is 0 Å². The third-order valence-electron chi connectivity index (χ3n) is 5.68. The predicted molar refractivity (Wildman–Crippen MR) is 102 cm³/mol. The second-order valence-corrected chi connectivity index (χ2v) is 8.17. The van der Waals surface area contributed by atoms with Gasteiger partial charge in [-0.15, -0.1) is 5.10 Å². The van der Waals surface area contributed by atoms with Gasteiger partial charge >= 0.3 is 0 Å². The van der Waals surface area contributed by atoms with Crippen molar-refractivity contribution >= 4 is 17.4 Å². The first-order valence-corrected chi connectivity index (χ1v) is 9.62. The molecule has 1 spiro atoms. The van der Waals surface area contributed by atoms with Crippen LogP contribution in [0.2, 0.25) is 5.02 Å². The van der Waals surface area contributed by atoms with Gasteiger partial charge in [0.25, 0.3) is 0 Å². The van der Waals surface area contributed by atoms with Gasteiger partial charge in [0.15, 0.2) is 5.82 Å². The topological polar surface area (TPSA) is 32.3 Å². The number of aromatic nitrogens is 2. The fourth-order valence-electron chi connectivity index (χ4n) is 4.36. The highest BCUT2D eigenvalue weighted by molar-refractivity contribution is 6.30. The molecule has 0 unspecified atom stereocenters. The minimum Gasteiger partial charge on any atom is -0.355 e. The zero-order valence-electron chi connectivity index (χ0n) is 15.1. The standard InChI is InChI=1S/C20H24ClFN4/c1-15-3-6-19(24-23-15)26-9-2-7-20(14-26)8-10-25(13-20)12-16-4-5-17(21)18(22)11-16/h3-6,11H,2,7-10,12-14H2,1H3/t20-/m0/s1. The molecule has 1 atom stereocenters. The van der Waals surface area contributed by atoms with Crippen molar-refractivity contribution in [2.45, 2.75) is 32.7 Å². The molecule has 2 fully saturated rings. The summed E-state index contributed by atoms with van der Waals surface area (Å²) in [5.74, 6) is 0.646. The summed E-state index contributed by atoms with van der Waals surface area (Å²) in [6, 6.07) is 9.23. The van der Waals surface area contributed by atoms with Crippen LogP contribution in [0.3, 0.4) is 0 Å². The maximum atomic E-state index is 13.7. The summed E-state index contributed by atoms with van der Waals surface area (Å²) in [5, 5.41) is 8.77. The average Bonchev–Trinajstić information content (AvgIpc) is 3.00. The number of likely N-dealkylation sites (tertiary alicyclic amines) is 1. The Morgan fingerprint density at radius 1 is 1.12 bits per heavy atom. The van der Waals surface area contributed by atoms with Gasteiger partial charge in [0.1, 0.15) is 5.82 Å². The van der Waals surface area contributed by atoms with Crippen LogP contribution in [0.25, 0.3) is 0 Å². The zero-order chi connectivity index (χ0) is 18.1. The van der Waals surface area contributed by atoms with Crippen LogP contribution in [-0.2, 0) is 6.54 Å². The van der Waals surface area contributed by atoms with E-state index in [-0.39, 0.29) is 10.8 Å². The lowest BCUT2D eigenvalue weighted by Crippen LogP contribution is -2.45. The Kier molecular flexibility index (Phi) is 4.84. The minimum absolute atomic E-state index is 0.189. The summed E-state index contributed by atoms with van der Waals surface area (Å²) < 4.78 is 13.7. The number of piperidine rings is 1. The molecule has 2 aliphatic rings. The third-order valence-corrected chi connectivity index (χ3v) is 5.98. The predicted octanol–water partition coefficient (Wildman–Crippen LogP) is 4.07. The molecule has 2 saturated heterocycles. The lowest BCUT2D eigenvalue weighted by Gasteiger charge is -2.41. The maximum absolute atomic E-state index is 13.7. The van der Waals surface area contributed by atoms with Crippen LogP contribution in [0.1, 0.15) is 30.5 Å². The molecule has 2 aliphatic heterocycles. The number of anilines is 1. The fraction of sp³-hybridized carbons (Fsp3) is 0.500. The monoisotopic (exact) mass is 374 g/mol. The second-order valence-electron chi connectivity index (χ2n) is 7.77. The molecular weight excluding hydrogens is 351 g/mol. The molecule has 0 bridgehead atoms. The van der Waals surface area contributed by atoms with E-state index in [4.69, 9.17) is 11.6 Å². The van der Waals surface area contributed by atoms with E-state index in [1.54, 1.807) is 12.1 Å². The van der Waals surface area contributed by atoms with E-state index < -0.39 is 0 Å². The average molecular weight is 375 g/mol. The second kappa shape index (κ2) is 7.12. The van der Waals surface area contributed by atoms with Crippen LogP contribution >= 0.6 is 11.6 Å². The van der Waals surface area contributed by atoms with Gasteiger partial charge in [-0.2, -0.15) is 5.10 Å². The molecule has 26 heavy (non-hydrogen) atoms. The minimum atomic E-state index is -0.333. The molecule has 2 aromatic rings. The van der Waals surface area contributed by atoms with Crippen molar-refractivity contribution in [1.82, 2.24) is 15.1 Å². The van der Waals surface area contributed by atoms with Crippen LogP contribution < -0.4 is 4.90 Å². The van der Waals surface area contributed by atoms with Crippen molar-refractivity contribution in [1.29, 1.82) is 0 Å². The summed E-state index contributed by atoms with van der Waals surface area (Å²) in [6.45, 7) is 6.91. The molecule has 4 nitrogen and oxygen atoms in total. The Bertz CT molecular complexity index is 782. The number of nitrogens with zero attached hydrogens (tertiary/aromatic N) is 4. The van der Waals surface area contributed by atoms with Gasteiger partial charge in [-0.3, -0.25) is 4.90 Å².